The number of nitrogens with zero attached hydrogens (tertiary/aromatic N) is 1. The maximum Gasteiger partial charge on any atom is 0.180 e. The van der Waals surface area contributed by atoms with E-state index in [4.69, 9.17) is 21.1 Å². The van der Waals surface area contributed by atoms with Gasteiger partial charge in [-0.1, -0.05) is 54.1 Å². The van der Waals surface area contributed by atoms with Crippen LogP contribution in [0.4, 0.5) is 4.39 Å². The number of ketones is 2. The van der Waals surface area contributed by atoms with Crippen LogP contribution in [0.3, 0.4) is 0 Å². The molecule has 7 heteroatoms. The van der Waals surface area contributed by atoms with Crippen molar-refractivity contribution in [1.82, 2.24) is 4.90 Å². The zero-order chi connectivity index (χ0) is 28.5. The van der Waals surface area contributed by atoms with Gasteiger partial charge in [-0.2, -0.15) is 0 Å². The van der Waals surface area contributed by atoms with Crippen molar-refractivity contribution in [1.29, 1.82) is 0 Å². The fourth-order valence-corrected chi connectivity index (χ4v) is 6.61. The number of methoxy groups -OCH3 is 1. The van der Waals surface area contributed by atoms with Gasteiger partial charge in [0, 0.05) is 47.8 Å². The SMILES string of the molecule is COc1cc(C2C3=C(CCCC3=O)N(Cc3ccccc3)C3=C2C(=O)CCC3)cc(Cl)c1OCc1cccc(F)c1. The normalized spacial score (nSPS) is 17.5. The Balaban J connectivity index is 1.44. The fourth-order valence-electron chi connectivity index (χ4n) is 6.34. The summed E-state index contributed by atoms with van der Waals surface area (Å²) in [6.45, 7) is 0.718. The number of halogens is 2. The van der Waals surface area contributed by atoms with E-state index in [1.165, 1.54) is 19.2 Å². The lowest BCUT2D eigenvalue weighted by Crippen LogP contribution is -2.38. The first-order valence-corrected chi connectivity index (χ1v) is 14.4. The smallest absolute Gasteiger partial charge is 0.180 e. The molecule has 0 amide bonds. The number of Topliss-reactive ketones (excluding diaryl/α,β-unsaturated/α-hetero) is 2. The molecule has 0 atom stereocenters. The van der Waals surface area contributed by atoms with E-state index in [1.54, 1.807) is 18.2 Å². The molecule has 3 aliphatic rings. The van der Waals surface area contributed by atoms with Gasteiger partial charge in [-0.3, -0.25) is 9.59 Å². The molecule has 0 bridgehead atoms. The summed E-state index contributed by atoms with van der Waals surface area (Å²) in [6.07, 6.45) is 4.01. The highest BCUT2D eigenvalue weighted by atomic mass is 35.5. The van der Waals surface area contributed by atoms with Gasteiger partial charge < -0.3 is 14.4 Å². The van der Waals surface area contributed by atoms with E-state index in [0.717, 1.165) is 48.2 Å². The topological polar surface area (TPSA) is 55.8 Å². The van der Waals surface area contributed by atoms with Gasteiger partial charge >= 0.3 is 0 Å². The number of carbonyl (C=O) groups is 2. The number of ether oxygens (including phenoxy) is 2. The van der Waals surface area contributed by atoms with Crippen LogP contribution < -0.4 is 9.47 Å². The third-order valence-electron chi connectivity index (χ3n) is 8.13. The Kier molecular flexibility index (Phi) is 7.67. The van der Waals surface area contributed by atoms with Crippen molar-refractivity contribution in [3.05, 3.63) is 117 Å². The molecule has 1 aliphatic heterocycles. The van der Waals surface area contributed by atoms with E-state index in [1.807, 2.05) is 24.3 Å². The zero-order valence-corrected chi connectivity index (χ0v) is 23.7. The van der Waals surface area contributed by atoms with Crippen LogP contribution in [0.5, 0.6) is 11.5 Å². The summed E-state index contributed by atoms with van der Waals surface area (Å²) in [5.74, 6) is 0.00171. The van der Waals surface area contributed by atoms with Gasteiger partial charge in [-0.25, -0.2) is 4.39 Å². The number of rotatable bonds is 7. The van der Waals surface area contributed by atoms with Crippen molar-refractivity contribution >= 4 is 23.2 Å². The average Bonchev–Trinajstić information content (AvgIpc) is 2.97. The molecule has 0 saturated heterocycles. The highest BCUT2D eigenvalue weighted by molar-refractivity contribution is 6.32. The predicted octanol–water partition coefficient (Wildman–Crippen LogP) is 7.68. The second kappa shape index (κ2) is 11.5. The van der Waals surface area contributed by atoms with E-state index in [9.17, 15) is 14.0 Å². The number of allylic oxidation sites excluding steroid dienone is 4. The summed E-state index contributed by atoms with van der Waals surface area (Å²) in [7, 11) is 1.53. The van der Waals surface area contributed by atoms with Crippen LogP contribution in [0.2, 0.25) is 5.02 Å². The third kappa shape index (κ3) is 5.29. The average molecular weight is 572 g/mol. The van der Waals surface area contributed by atoms with Crippen molar-refractivity contribution < 1.29 is 23.5 Å². The van der Waals surface area contributed by atoms with E-state index in [2.05, 4.69) is 17.0 Å². The molecule has 0 aromatic heterocycles. The number of carbonyl (C=O) groups excluding carboxylic acids is 2. The first-order valence-electron chi connectivity index (χ1n) is 14.0. The number of hydrogen-bond acceptors (Lipinski definition) is 5. The molecule has 0 saturated carbocycles. The Labute approximate surface area is 244 Å². The maximum atomic E-state index is 13.7. The number of hydrogen-bond donors (Lipinski definition) is 0. The minimum absolute atomic E-state index is 0.0701. The molecular weight excluding hydrogens is 541 g/mol. The fraction of sp³-hybridized carbons (Fsp3) is 0.294. The summed E-state index contributed by atoms with van der Waals surface area (Å²) in [4.78, 5) is 29.5. The summed E-state index contributed by atoms with van der Waals surface area (Å²) in [6, 6.07) is 19.9. The van der Waals surface area contributed by atoms with Crippen LogP contribution in [0, 0.1) is 5.82 Å². The Morgan fingerprint density at radius 3 is 2.15 bits per heavy atom. The van der Waals surface area contributed by atoms with Gasteiger partial charge in [0.2, 0.25) is 0 Å². The van der Waals surface area contributed by atoms with E-state index >= 15 is 0 Å². The van der Waals surface area contributed by atoms with E-state index in [-0.39, 0.29) is 24.0 Å². The van der Waals surface area contributed by atoms with Gasteiger partial charge in [0.25, 0.3) is 0 Å². The van der Waals surface area contributed by atoms with Crippen LogP contribution in [0.25, 0.3) is 0 Å². The maximum absolute atomic E-state index is 13.7. The van der Waals surface area contributed by atoms with Crippen LogP contribution in [0.15, 0.2) is 89.3 Å². The quantitative estimate of drug-likeness (QED) is 0.291. The third-order valence-corrected chi connectivity index (χ3v) is 8.41. The van der Waals surface area contributed by atoms with Gasteiger partial charge in [0.1, 0.15) is 12.4 Å². The molecular formula is C34H31ClFNO4. The first-order chi connectivity index (χ1) is 19.9. The minimum Gasteiger partial charge on any atom is -0.493 e. The molecule has 0 spiro atoms. The van der Waals surface area contributed by atoms with Gasteiger partial charge in [0.15, 0.2) is 23.1 Å². The lowest BCUT2D eigenvalue weighted by molar-refractivity contribution is -0.117. The molecule has 41 heavy (non-hydrogen) atoms. The van der Waals surface area contributed by atoms with Gasteiger partial charge in [-0.05, 0) is 66.6 Å². The summed E-state index contributed by atoms with van der Waals surface area (Å²) >= 11 is 6.80. The Morgan fingerprint density at radius 2 is 1.51 bits per heavy atom. The molecule has 3 aromatic carbocycles. The van der Waals surface area contributed by atoms with Crippen LogP contribution in [0.1, 0.15) is 61.1 Å². The highest BCUT2D eigenvalue weighted by Crippen LogP contribution is 2.51. The van der Waals surface area contributed by atoms with Gasteiger partial charge in [-0.15, -0.1) is 0 Å². The minimum atomic E-state index is -0.517. The lowest BCUT2D eigenvalue weighted by atomic mass is 9.71. The van der Waals surface area contributed by atoms with Crippen LogP contribution in [-0.2, 0) is 22.7 Å². The Morgan fingerprint density at radius 1 is 0.854 bits per heavy atom. The molecule has 1 heterocycles. The summed E-state index contributed by atoms with van der Waals surface area (Å²) < 4.78 is 25.4. The molecule has 210 valence electrons. The van der Waals surface area contributed by atoms with Crippen molar-refractivity contribution in [2.45, 2.75) is 57.6 Å². The van der Waals surface area contributed by atoms with Crippen LogP contribution >= 0.6 is 11.6 Å². The molecule has 6 rings (SSSR count). The second-order valence-electron chi connectivity index (χ2n) is 10.7. The summed E-state index contributed by atoms with van der Waals surface area (Å²) in [5.41, 5.74) is 5.90. The molecule has 0 fully saturated rings. The van der Waals surface area contributed by atoms with E-state index in [0.29, 0.717) is 52.6 Å². The molecule has 2 aliphatic carbocycles. The standard InChI is InChI=1S/C34H31ClFNO4/c1-40-30-18-23(17-25(35)34(30)41-20-22-10-5-11-24(36)16-22)31-32-26(12-6-14-28(32)38)37(19-21-8-3-2-4-9-21)27-13-7-15-29(39)33(27)31/h2-5,8-11,16-18,31H,6-7,12-15,19-20H2,1H3. The van der Waals surface area contributed by atoms with Crippen molar-refractivity contribution in [2.75, 3.05) is 7.11 Å². The van der Waals surface area contributed by atoms with Crippen molar-refractivity contribution in [2.24, 2.45) is 0 Å². The van der Waals surface area contributed by atoms with E-state index < -0.39 is 5.92 Å². The lowest BCUT2D eigenvalue weighted by Gasteiger charge is -2.44. The van der Waals surface area contributed by atoms with Crippen LogP contribution in [-0.4, -0.2) is 23.6 Å². The largest absolute Gasteiger partial charge is 0.493 e. The van der Waals surface area contributed by atoms with Crippen molar-refractivity contribution in [3.8, 4) is 11.5 Å². The molecule has 0 N–H and O–H groups in total. The monoisotopic (exact) mass is 571 g/mol. The molecule has 3 aromatic rings. The Hall–Kier alpha value is -3.90. The predicted molar refractivity (Wildman–Crippen MR) is 155 cm³/mol. The molecule has 0 radical (unpaired) electrons. The molecule has 0 unspecified atom stereocenters. The van der Waals surface area contributed by atoms with Gasteiger partial charge in [0.05, 0.1) is 12.1 Å². The van der Waals surface area contributed by atoms with Crippen molar-refractivity contribution in [3.63, 3.8) is 0 Å². The first kappa shape index (κ1) is 27.3. The number of benzene rings is 3. The zero-order valence-electron chi connectivity index (χ0n) is 22.9. The Bertz CT molecular complexity index is 1530. The highest BCUT2D eigenvalue weighted by Gasteiger charge is 2.43. The summed E-state index contributed by atoms with van der Waals surface area (Å²) in [5, 5.41) is 0.304. The molecule has 5 nitrogen and oxygen atoms in total. The second-order valence-corrected chi connectivity index (χ2v) is 11.1.